The van der Waals surface area contributed by atoms with Crippen molar-refractivity contribution in [2.45, 2.75) is 13.5 Å². The SMILES string of the molecule is CCOc1cccc(CNC(=NC)N2CCN(c3cccs3)CC2)c1.I. The molecule has 1 N–H and O–H groups in total. The molecular weight excluding hydrogens is 459 g/mol. The van der Waals surface area contributed by atoms with Gasteiger partial charge in [0, 0.05) is 39.8 Å². The molecule has 0 bridgehead atoms. The lowest BCUT2D eigenvalue weighted by Crippen LogP contribution is -2.52. The quantitative estimate of drug-likeness (QED) is 0.398. The number of thiophene rings is 1. The summed E-state index contributed by atoms with van der Waals surface area (Å²) < 4.78 is 5.57. The number of nitrogens with zero attached hydrogens (tertiary/aromatic N) is 3. The van der Waals surface area contributed by atoms with Gasteiger partial charge in [-0.25, -0.2) is 0 Å². The van der Waals surface area contributed by atoms with Crippen LogP contribution in [0, 0.1) is 0 Å². The molecule has 0 atom stereocenters. The average Bonchev–Trinajstić information content (AvgIpc) is 3.18. The number of piperazine rings is 1. The van der Waals surface area contributed by atoms with Gasteiger partial charge in [0.05, 0.1) is 11.6 Å². The second-order valence-corrected chi connectivity index (χ2v) is 6.83. The summed E-state index contributed by atoms with van der Waals surface area (Å²) in [5.74, 6) is 1.88. The van der Waals surface area contributed by atoms with Crippen molar-refractivity contribution in [1.29, 1.82) is 0 Å². The maximum absolute atomic E-state index is 5.57. The largest absolute Gasteiger partial charge is 0.494 e. The summed E-state index contributed by atoms with van der Waals surface area (Å²) >= 11 is 1.81. The molecule has 1 aliphatic heterocycles. The van der Waals surface area contributed by atoms with Crippen LogP contribution in [0.4, 0.5) is 5.00 Å². The fourth-order valence-corrected chi connectivity index (χ4v) is 3.80. The number of guanidine groups is 1. The van der Waals surface area contributed by atoms with Gasteiger partial charge in [-0.1, -0.05) is 12.1 Å². The first-order valence-corrected chi connectivity index (χ1v) is 9.64. The van der Waals surface area contributed by atoms with E-state index in [0.717, 1.165) is 44.4 Å². The lowest BCUT2D eigenvalue weighted by Gasteiger charge is -2.37. The van der Waals surface area contributed by atoms with Crippen molar-refractivity contribution >= 4 is 46.3 Å². The normalized spacial score (nSPS) is 14.8. The van der Waals surface area contributed by atoms with E-state index in [0.29, 0.717) is 6.61 Å². The Morgan fingerprint density at radius 1 is 1.19 bits per heavy atom. The number of hydrogen-bond donors (Lipinski definition) is 1. The number of ether oxygens (including phenoxy) is 1. The number of nitrogens with one attached hydrogen (secondary N) is 1. The zero-order valence-electron chi connectivity index (χ0n) is 15.4. The molecule has 1 fully saturated rings. The van der Waals surface area contributed by atoms with Gasteiger partial charge in [0.15, 0.2) is 5.96 Å². The summed E-state index contributed by atoms with van der Waals surface area (Å²) in [5, 5.41) is 6.97. The molecule has 2 aromatic rings. The van der Waals surface area contributed by atoms with Crippen molar-refractivity contribution in [1.82, 2.24) is 10.2 Å². The minimum atomic E-state index is 0. The fourth-order valence-electron chi connectivity index (χ4n) is 3.01. The van der Waals surface area contributed by atoms with Crippen molar-refractivity contribution in [3.05, 3.63) is 47.3 Å². The molecule has 5 nitrogen and oxygen atoms in total. The fraction of sp³-hybridized carbons (Fsp3) is 0.421. The number of aliphatic imine (C=N–C) groups is 1. The van der Waals surface area contributed by atoms with E-state index in [1.807, 2.05) is 37.4 Å². The first kappa shape index (κ1) is 20.8. The highest BCUT2D eigenvalue weighted by Crippen LogP contribution is 2.22. The summed E-state index contributed by atoms with van der Waals surface area (Å²) in [5.41, 5.74) is 1.20. The molecule has 1 saturated heterocycles. The Morgan fingerprint density at radius 3 is 2.65 bits per heavy atom. The highest BCUT2D eigenvalue weighted by atomic mass is 127. The molecule has 0 spiro atoms. The van der Waals surface area contributed by atoms with Crippen LogP contribution in [-0.2, 0) is 6.54 Å². The third kappa shape index (κ3) is 5.51. The molecule has 0 aliphatic carbocycles. The molecule has 1 aromatic heterocycles. The van der Waals surface area contributed by atoms with Crippen LogP contribution in [0.1, 0.15) is 12.5 Å². The van der Waals surface area contributed by atoms with E-state index in [1.54, 1.807) is 0 Å². The molecule has 0 amide bonds. The summed E-state index contributed by atoms with van der Waals surface area (Å²) in [6.07, 6.45) is 0. The van der Waals surface area contributed by atoms with E-state index < -0.39 is 0 Å². The Balaban J connectivity index is 0.00000243. The highest BCUT2D eigenvalue weighted by molar-refractivity contribution is 14.0. The molecule has 0 saturated carbocycles. The predicted molar refractivity (Wildman–Crippen MR) is 121 cm³/mol. The number of rotatable bonds is 5. The zero-order valence-corrected chi connectivity index (χ0v) is 18.5. The van der Waals surface area contributed by atoms with Crippen molar-refractivity contribution in [3.8, 4) is 5.75 Å². The Labute approximate surface area is 177 Å². The summed E-state index contributed by atoms with van der Waals surface area (Å²) in [4.78, 5) is 9.23. The van der Waals surface area contributed by atoms with E-state index in [4.69, 9.17) is 4.74 Å². The third-order valence-electron chi connectivity index (χ3n) is 4.27. The topological polar surface area (TPSA) is 40.1 Å². The predicted octanol–water partition coefficient (Wildman–Crippen LogP) is 3.66. The second kappa shape index (κ2) is 10.6. The van der Waals surface area contributed by atoms with Gasteiger partial charge in [-0.15, -0.1) is 35.3 Å². The van der Waals surface area contributed by atoms with Crippen molar-refractivity contribution in [2.24, 2.45) is 4.99 Å². The van der Waals surface area contributed by atoms with Crippen LogP contribution in [0.25, 0.3) is 0 Å². The Hall–Kier alpha value is -1.48. The van der Waals surface area contributed by atoms with Gasteiger partial charge in [-0.2, -0.15) is 0 Å². The molecule has 0 unspecified atom stereocenters. The van der Waals surface area contributed by atoms with E-state index in [9.17, 15) is 0 Å². The number of anilines is 1. The number of benzene rings is 1. The molecule has 1 aliphatic rings. The minimum absolute atomic E-state index is 0. The second-order valence-electron chi connectivity index (χ2n) is 5.91. The lowest BCUT2D eigenvalue weighted by atomic mass is 10.2. The van der Waals surface area contributed by atoms with Crippen LogP contribution in [0.2, 0.25) is 0 Å². The smallest absolute Gasteiger partial charge is 0.194 e. The average molecular weight is 486 g/mol. The van der Waals surface area contributed by atoms with Crippen LogP contribution in [-0.4, -0.2) is 50.7 Å². The van der Waals surface area contributed by atoms with Gasteiger partial charge < -0.3 is 19.9 Å². The molecule has 3 rings (SSSR count). The van der Waals surface area contributed by atoms with Crippen LogP contribution in [0.5, 0.6) is 5.75 Å². The van der Waals surface area contributed by atoms with Crippen molar-refractivity contribution in [2.75, 3.05) is 44.7 Å². The first-order chi connectivity index (χ1) is 12.3. The molecule has 0 radical (unpaired) electrons. The van der Waals surface area contributed by atoms with Crippen molar-refractivity contribution < 1.29 is 4.74 Å². The Bertz CT molecular complexity index is 685. The summed E-state index contributed by atoms with van der Waals surface area (Å²) in [6, 6.07) is 12.5. The lowest BCUT2D eigenvalue weighted by molar-refractivity contribution is 0.340. The van der Waals surface area contributed by atoms with Gasteiger partial charge in [0.2, 0.25) is 0 Å². The van der Waals surface area contributed by atoms with Crippen LogP contribution in [0.15, 0.2) is 46.8 Å². The first-order valence-electron chi connectivity index (χ1n) is 8.76. The molecule has 7 heteroatoms. The molecule has 26 heavy (non-hydrogen) atoms. The maximum Gasteiger partial charge on any atom is 0.194 e. The van der Waals surface area contributed by atoms with E-state index in [1.165, 1.54) is 10.6 Å². The molecule has 142 valence electrons. The van der Waals surface area contributed by atoms with E-state index >= 15 is 0 Å². The van der Waals surface area contributed by atoms with Crippen LogP contribution in [0.3, 0.4) is 0 Å². The van der Waals surface area contributed by atoms with E-state index in [-0.39, 0.29) is 24.0 Å². The van der Waals surface area contributed by atoms with Crippen molar-refractivity contribution in [3.63, 3.8) is 0 Å². The molecule has 2 heterocycles. The highest BCUT2D eigenvalue weighted by Gasteiger charge is 2.20. The van der Waals surface area contributed by atoms with E-state index in [2.05, 4.69) is 49.8 Å². The van der Waals surface area contributed by atoms with Crippen LogP contribution >= 0.6 is 35.3 Å². The van der Waals surface area contributed by atoms with Gasteiger partial charge in [-0.3, -0.25) is 4.99 Å². The number of halogens is 1. The Morgan fingerprint density at radius 2 is 2.00 bits per heavy atom. The molecular formula is C19H27IN4OS. The monoisotopic (exact) mass is 486 g/mol. The van der Waals surface area contributed by atoms with Gasteiger partial charge in [0.1, 0.15) is 5.75 Å². The minimum Gasteiger partial charge on any atom is -0.494 e. The Kier molecular flexibility index (Phi) is 8.50. The third-order valence-corrected chi connectivity index (χ3v) is 5.20. The standard InChI is InChI=1S/C19H26N4OS.HI/c1-3-24-17-7-4-6-16(14-17)15-21-19(20-2)23-11-9-22(10-12-23)18-8-5-13-25-18;/h4-8,13-14H,3,9-12,15H2,1-2H3,(H,20,21);1H. The summed E-state index contributed by atoms with van der Waals surface area (Å²) in [7, 11) is 1.85. The zero-order chi connectivity index (χ0) is 17.5. The van der Waals surface area contributed by atoms with Gasteiger partial charge >= 0.3 is 0 Å². The summed E-state index contributed by atoms with van der Waals surface area (Å²) in [6.45, 7) is 7.46. The van der Waals surface area contributed by atoms with Crippen LogP contribution < -0.4 is 15.0 Å². The van der Waals surface area contributed by atoms with Gasteiger partial charge in [0.25, 0.3) is 0 Å². The van der Waals surface area contributed by atoms with Gasteiger partial charge in [-0.05, 0) is 42.1 Å². The number of hydrogen-bond acceptors (Lipinski definition) is 4. The molecule has 1 aromatic carbocycles. The maximum atomic E-state index is 5.57.